The molecule has 0 aliphatic rings. The lowest BCUT2D eigenvalue weighted by atomic mass is 10.1. The molecule has 1 N–H and O–H groups in total. The maximum Gasteiger partial charge on any atom is 0.165 e. The quantitative estimate of drug-likeness (QED) is 0.869. The number of nitriles is 1. The molecule has 0 fully saturated rings. The molecule has 2 aromatic carbocycles. The predicted molar refractivity (Wildman–Crippen MR) is 70.6 cm³/mol. The van der Waals surface area contributed by atoms with Gasteiger partial charge in [-0.05, 0) is 36.8 Å². The van der Waals surface area contributed by atoms with E-state index in [0.29, 0.717) is 11.3 Å². The number of halogens is 2. The summed E-state index contributed by atoms with van der Waals surface area (Å²) in [5.74, 6) is -0.524. The highest BCUT2D eigenvalue weighted by atomic mass is 35.5. The average molecular weight is 261 g/mol. The summed E-state index contributed by atoms with van der Waals surface area (Å²) in [4.78, 5) is 0. The Morgan fingerprint density at radius 3 is 2.72 bits per heavy atom. The van der Waals surface area contributed by atoms with Crippen molar-refractivity contribution < 1.29 is 4.39 Å². The summed E-state index contributed by atoms with van der Waals surface area (Å²) in [6, 6.07) is 12.1. The minimum atomic E-state index is -0.524. The molecule has 0 aliphatic carbocycles. The molecule has 0 atom stereocenters. The van der Waals surface area contributed by atoms with E-state index in [9.17, 15) is 4.39 Å². The van der Waals surface area contributed by atoms with Gasteiger partial charge in [0.2, 0.25) is 0 Å². The van der Waals surface area contributed by atoms with Crippen LogP contribution in [0.3, 0.4) is 0 Å². The molecule has 0 aliphatic heterocycles. The molecule has 0 unspecified atom stereocenters. The van der Waals surface area contributed by atoms with E-state index in [2.05, 4.69) is 11.4 Å². The van der Waals surface area contributed by atoms with E-state index in [1.54, 1.807) is 24.3 Å². The van der Waals surface area contributed by atoms with Gasteiger partial charge in [-0.25, -0.2) is 4.39 Å². The Morgan fingerprint density at radius 2 is 2.00 bits per heavy atom. The summed E-state index contributed by atoms with van der Waals surface area (Å²) in [6.45, 7) is 1.89. The molecule has 0 heterocycles. The SMILES string of the molecule is Cc1ccc(Nc2cccc(Cl)c2F)c(C#N)c1. The molecular formula is C14H10ClFN2. The predicted octanol–water partition coefficient (Wildman–Crippen LogP) is 4.40. The monoisotopic (exact) mass is 260 g/mol. The Hall–Kier alpha value is -2.05. The van der Waals surface area contributed by atoms with Crippen LogP contribution in [0.25, 0.3) is 0 Å². The number of aryl methyl sites for hydroxylation is 1. The van der Waals surface area contributed by atoms with Gasteiger partial charge in [0, 0.05) is 0 Å². The molecule has 0 aromatic heterocycles. The van der Waals surface area contributed by atoms with Gasteiger partial charge in [0.15, 0.2) is 5.82 Å². The van der Waals surface area contributed by atoms with E-state index in [1.165, 1.54) is 6.07 Å². The number of anilines is 2. The van der Waals surface area contributed by atoms with Gasteiger partial charge in [0.05, 0.1) is 22.0 Å². The van der Waals surface area contributed by atoms with Crippen LogP contribution in [0.4, 0.5) is 15.8 Å². The summed E-state index contributed by atoms with van der Waals surface area (Å²) in [5.41, 5.74) is 2.25. The molecule has 4 heteroatoms. The second-order valence-corrected chi connectivity index (χ2v) is 4.29. The Balaban J connectivity index is 2.41. The zero-order valence-electron chi connectivity index (χ0n) is 9.67. The molecule has 0 saturated heterocycles. The highest BCUT2D eigenvalue weighted by molar-refractivity contribution is 6.31. The van der Waals surface area contributed by atoms with Gasteiger partial charge in [-0.1, -0.05) is 23.7 Å². The van der Waals surface area contributed by atoms with Crippen molar-refractivity contribution in [2.45, 2.75) is 6.92 Å². The molecule has 0 bridgehead atoms. The molecule has 2 aromatic rings. The first-order valence-corrected chi connectivity index (χ1v) is 5.71. The lowest BCUT2D eigenvalue weighted by Crippen LogP contribution is -1.97. The first-order chi connectivity index (χ1) is 8.61. The van der Waals surface area contributed by atoms with Crippen LogP contribution in [0.1, 0.15) is 11.1 Å². The van der Waals surface area contributed by atoms with Gasteiger partial charge in [0.25, 0.3) is 0 Å². The van der Waals surface area contributed by atoms with Gasteiger partial charge < -0.3 is 5.32 Å². The van der Waals surface area contributed by atoms with Gasteiger partial charge in [-0.2, -0.15) is 5.26 Å². The standard InChI is InChI=1S/C14H10ClFN2/c1-9-5-6-12(10(7-9)8-17)18-13-4-2-3-11(15)14(13)16/h2-7,18H,1H3. The number of hydrogen-bond acceptors (Lipinski definition) is 2. The molecule has 18 heavy (non-hydrogen) atoms. The summed E-state index contributed by atoms with van der Waals surface area (Å²) in [5, 5.41) is 12.0. The lowest BCUT2D eigenvalue weighted by Gasteiger charge is -2.10. The Kier molecular flexibility index (Phi) is 3.50. The van der Waals surface area contributed by atoms with Gasteiger partial charge in [0.1, 0.15) is 6.07 Å². The minimum absolute atomic E-state index is 0.0469. The largest absolute Gasteiger partial charge is 0.352 e. The van der Waals surface area contributed by atoms with Crippen LogP contribution in [-0.2, 0) is 0 Å². The lowest BCUT2D eigenvalue weighted by molar-refractivity contribution is 0.632. The molecule has 0 radical (unpaired) electrons. The minimum Gasteiger partial charge on any atom is -0.352 e. The fourth-order valence-corrected chi connectivity index (χ4v) is 1.78. The van der Waals surface area contributed by atoms with E-state index in [-0.39, 0.29) is 10.7 Å². The third-order valence-corrected chi connectivity index (χ3v) is 2.81. The molecule has 0 saturated carbocycles. The van der Waals surface area contributed by atoms with E-state index >= 15 is 0 Å². The Labute approximate surface area is 110 Å². The normalized spacial score (nSPS) is 9.89. The topological polar surface area (TPSA) is 35.8 Å². The van der Waals surface area contributed by atoms with Gasteiger partial charge in [-0.3, -0.25) is 0 Å². The molecule has 2 nitrogen and oxygen atoms in total. The number of benzene rings is 2. The van der Waals surface area contributed by atoms with Crippen LogP contribution < -0.4 is 5.32 Å². The van der Waals surface area contributed by atoms with Gasteiger partial charge in [-0.15, -0.1) is 0 Å². The van der Waals surface area contributed by atoms with Crippen molar-refractivity contribution in [2.24, 2.45) is 0 Å². The number of nitrogens with zero attached hydrogens (tertiary/aromatic N) is 1. The van der Waals surface area contributed by atoms with Crippen molar-refractivity contribution in [3.8, 4) is 6.07 Å². The zero-order valence-corrected chi connectivity index (χ0v) is 10.4. The first kappa shape index (κ1) is 12.4. The van der Waals surface area contributed by atoms with E-state index in [4.69, 9.17) is 16.9 Å². The second kappa shape index (κ2) is 5.07. The van der Waals surface area contributed by atoms with Crippen molar-refractivity contribution in [3.63, 3.8) is 0 Å². The van der Waals surface area contributed by atoms with Crippen LogP contribution in [0, 0.1) is 24.1 Å². The van der Waals surface area contributed by atoms with Crippen LogP contribution in [0.5, 0.6) is 0 Å². The second-order valence-electron chi connectivity index (χ2n) is 3.89. The number of hydrogen-bond donors (Lipinski definition) is 1. The van der Waals surface area contributed by atoms with Crippen molar-refractivity contribution in [2.75, 3.05) is 5.32 Å². The zero-order chi connectivity index (χ0) is 13.1. The average Bonchev–Trinajstić information content (AvgIpc) is 2.37. The summed E-state index contributed by atoms with van der Waals surface area (Å²) >= 11 is 5.70. The van der Waals surface area contributed by atoms with E-state index in [1.807, 2.05) is 13.0 Å². The number of nitrogens with one attached hydrogen (secondary N) is 1. The van der Waals surface area contributed by atoms with Crippen molar-refractivity contribution in [1.29, 1.82) is 5.26 Å². The third-order valence-electron chi connectivity index (χ3n) is 2.52. The summed E-state index contributed by atoms with van der Waals surface area (Å²) in [6.07, 6.45) is 0. The molecule has 2 rings (SSSR count). The molecule has 0 amide bonds. The number of rotatable bonds is 2. The van der Waals surface area contributed by atoms with Crippen LogP contribution in [-0.4, -0.2) is 0 Å². The Bertz CT molecular complexity index is 632. The third kappa shape index (κ3) is 2.44. The maximum atomic E-state index is 13.7. The van der Waals surface area contributed by atoms with Crippen LogP contribution in [0.2, 0.25) is 5.02 Å². The van der Waals surface area contributed by atoms with Gasteiger partial charge >= 0.3 is 0 Å². The molecule has 0 spiro atoms. The van der Waals surface area contributed by atoms with Crippen molar-refractivity contribution in [1.82, 2.24) is 0 Å². The fraction of sp³-hybridized carbons (Fsp3) is 0.0714. The van der Waals surface area contributed by atoms with Crippen LogP contribution in [0.15, 0.2) is 36.4 Å². The summed E-state index contributed by atoms with van der Waals surface area (Å²) in [7, 11) is 0. The van der Waals surface area contributed by atoms with Crippen LogP contribution >= 0.6 is 11.6 Å². The Morgan fingerprint density at radius 1 is 1.22 bits per heavy atom. The molecular weight excluding hydrogens is 251 g/mol. The first-order valence-electron chi connectivity index (χ1n) is 5.33. The maximum absolute atomic E-state index is 13.7. The highest BCUT2D eigenvalue weighted by Crippen LogP contribution is 2.27. The smallest absolute Gasteiger partial charge is 0.165 e. The van der Waals surface area contributed by atoms with Crippen molar-refractivity contribution >= 4 is 23.0 Å². The van der Waals surface area contributed by atoms with Crippen molar-refractivity contribution in [3.05, 3.63) is 58.4 Å². The van der Waals surface area contributed by atoms with E-state index < -0.39 is 5.82 Å². The highest BCUT2D eigenvalue weighted by Gasteiger charge is 2.08. The van der Waals surface area contributed by atoms with E-state index in [0.717, 1.165) is 5.56 Å². The summed E-state index contributed by atoms with van der Waals surface area (Å²) < 4.78 is 13.7. The molecule has 90 valence electrons. The fourth-order valence-electron chi connectivity index (χ4n) is 1.61.